The van der Waals surface area contributed by atoms with Crippen molar-refractivity contribution in [2.45, 2.75) is 144 Å². The average Bonchev–Trinajstić information content (AvgIpc) is 3.96. The molecule has 1 amide bonds. The van der Waals surface area contributed by atoms with Crippen LogP contribution in [0.2, 0.25) is 0 Å². The molecule has 4 aromatic rings. The number of thiophene rings is 3. The number of esters is 3. The quantitative estimate of drug-likeness (QED) is 0.138. The van der Waals surface area contributed by atoms with Gasteiger partial charge in [0, 0.05) is 55.4 Å². The third-order valence-corrected chi connectivity index (χ3v) is 16.4. The molecule has 63 heavy (non-hydrogen) atoms. The van der Waals surface area contributed by atoms with Crippen LogP contribution in [-0.2, 0) is 80.5 Å². The summed E-state index contributed by atoms with van der Waals surface area (Å²) in [6, 6.07) is 10.6. The smallest absolute Gasteiger partial charge is 0.410 e. The SMILES string of the molecule is CCOC(=O)N1CCc2c(sc(C(C)(C)C)c2C(=O)OC)C1.COC(=O)c1c(C(C)(C)C)sc2c1CCCC2.COC(=O)c1c(C(C)(C)C)sc2c1CCN(Cc1ccccc1)C2. The minimum atomic E-state index is -0.293. The zero-order valence-electron chi connectivity index (χ0n) is 39.8. The number of aryl methyl sites for hydroxylation is 1. The lowest BCUT2D eigenvalue weighted by Crippen LogP contribution is -2.36. The van der Waals surface area contributed by atoms with Crippen LogP contribution in [0.25, 0.3) is 0 Å². The van der Waals surface area contributed by atoms with Crippen LogP contribution in [0.1, 0.15) is 165 Å². The molecule has 3 aromatic heterocycles. The summed E-state index contributed by atoms with van der Waals surface area (Å²) in [4.78, 5) is 59.8. The molecule has 0 atom stereocenters. The number of ether oxygens (including phenoxy) is 4. The van der Waals surface area contributed by atoms with Crippen molar-refractivity contribution in [1.82, 2.24) is 9.80 Å². The maximum absolute atomic E-state index is 12.4. The first-order valence-electron chi connectivity index (χ1n) is 22.0. The van der Waals surface area contributed by atoms with Crippen LogP contribution in [0, 0.1) is 0 Å². The minimum Gasteiger partial charge on any atom is -0.465 e. The Kier molecular flexibility index (Phi) is 16.5. The lowest BCUT2D eigenvalue weighted by Gasteiger charge is -2.27. The van der Waals surface area contributed by atoms with Gasteiger partial charge in [0.1, 0.15) is 0 Å². The van der Waals surface area contributed by atoms with Crippen LogP contribution in [0.4, 0.5) is 4.79 Å². The van der Waals surface area contributed by atoms with E-state index in [0.29, 0.717) is 31.7 Å². The lowest BCUT2D eigenvalue weighted by molar-refractivity contribution is 0.0587. The van der Waals surface area contributed by atoms with Gasteiger partial charge in [0.05, 0.1) is 51.2 Å². The number of fused-ring (bicyclic) bond motifs is 3. The first kappa shape index (κ1) is 50.0. The summed E-state index contributed by atoms with van der Waals surface area (Å²) in [6.07, 6.45) is 5.88. The van der Waals surface area contributed by atoms with E-state index in [9.17, 15) is 19.2 Å². The summed E-state index contributed by atoms with van der Waals surface area (Å²) >= 11 is 5.20. The summed E-state index contributed by atoms with van der Waals surface area (Å²) in [7, 11) is 4.36. The molecule has 344 valence electrons. The van der Waals surface area contributed by atoms with Gasteiger partial charge in [-0.15, -0.1) is 34.0 Å². The van der Waals surface area contributed by atoms with E-state index < -0.39 is 0 Å². The van der Waals surface area contributed by atoms with Crippen molar-refractivity contribution in [2.24, 2.45) is 0 Å². The van der Waals surface area contributed by atoms with E-state index in [2.05, 4.69) is 97.5 Å². The van der Waals surface area contributed by atoms with Crippen LogP contribution in [0.15, 0.2) is 30.3 Å². The maximum Gasteiger partial charge on any atom is 0.410 e. The first-order chi connectivity index (χ1) is 29.6. The third-order valence-electron chi connectivity index (χ3n) is 11.4. The van der Waals surface area contributed by atoms with Gasteiger partial charge < -0.3 is 23.8 Å². The van der Waals surface area contributed by atoms with Gasteiger partial charge in [-0.05, 0) is 83.9 Å². The molecule has 1 aromatic carbocycles. The highest BCUT2D eigenvalue weighted by Crippen LogP contribution is 2.43. The second-order valence-electron chi connectivity index (χ2n) is 19.4. The number of nitrogens with zero attached hydrogens (tertiary/aromatic N) is 2. The monoisotopic (exact) mass is 920 g/mol. The molecule has 2 aliphatic heterocycles. The maximum atomic E-state index is 12.4. The standard InChI is InChI=1S/C20H25NO2S.C16H23NO4S.C14H20O2S/c1-20(2,3)18-17(19(22)23-4)15-10-11-21(13-16(15)24-18)12-14-8-6-5-7-9-14;1-6-21-15(19)17-8-7-10-11(9-17)22-13(16(2,3)4)12(10)14(18)20-5;1-14(2,3)12-11(13(15)16-4)9-7-5-6-8-10(9)17-12/h5-9H,10-13H2,1-4H3;6-9H2,1-5H3;5-8H2,1-4H3. The predicted octanol–water partition coefficient (Wildman–Crippen LogP) is 11.4. The van der Waals surface area contributed by atoms with Gasteiger partial charge in [-0.2, -0.15) is 0 Å². The van der Waals surface area contributed by atoms with Gasteiger partial charge >= 0.3 is 24.0 Å². The molecular formula is C50H68N2O8S3. The predicted molar refractivity (Wildman–Crippen MR) is 255 cm³/mol. The Hall–Kier alpha value is -4.04. The second-order valence-corrected chi connectivity index (χ2v) is 22.7. The number of rotatable bonds is 6. The van der Waals surface area contributed by atoms with Crippen molar-refractivity contribution < 1.29 is 38.1 Å². The van der Waals surface area contributed by atoms with E-state index in [1.807, 2.05) is 11.3 Å². The summed E-state index contributed by atoms with van der Waals surface area (Å²) < 4.78 is 20.1. The largest absolute Gasteiger partial charge is 0.465 e. The lowest BCUT2D eigenvalue weighted by atomic mass is 9.87. The molecule has 10 nitrogen and oxygen atoms in total. The van der Waals surface area contributed by atoms with Gasteiger partial charge in [-0.3, -0.25) is 4.90 Å². The number of hydrogen-bond acceptors (Lipinski definition) is 12. The third kappa shape index (κ3) is 11.8. The molecule has 13 heteroatoms. The molecule has 5 heterocycles. The fourth-order valence-electron chi connectivity index (χ4n) is 8.31. The van der Waals surface area contributed by atoms with Crippen LogP contribution in [0.5, 0.6) is 0 Å². The zero-order chi connectivity index (χ0) is 46.4. The molecule has 0 saturated heterocycles. The Bertz CT molecular complexity index is 2250. The number of benzene rings is 1. The second kappa shape index (κ2) is 20.9. The average molecular weight is 921 g/mol. The normalized spacial score (nSPS) is 15.0. The molecule has 3 aliphatic rings. The summed E-state index contributed by atoms with van der Waals surface area (Å²) in [5, 5.41) is 0. The Morgan fingerprint density at radius 1 is 0.571 bits per heavy atom. The van der Waals surface area contributed by atoms with Crippen molar-refractivity contribution in [1.29, 1.82) is 0 Å². The van der Waals surface area contributed by atoms with Gasteiger partial charge in [-0.25, -0.2) is 19.2 Å². The number of hydrogen-bond donors (Lipinski definition) is 0. The molecular weight excluding hydrogens is 853 g/mol. The Morgan fingerprint density at radius 2 is 1.00 bits per heavy atom. The number of methoxy groups -OCH3 is 3. The summed E-state index contributed by atoms with van der Waals surface area (Å²) in [6.45, 7) is 25.3. The van der Waals surface area contributed by atoms with Gasteiger partial charge in [-0.1, -0.05) is 92.6 Å². The van der Waals surface area contributed by atoms with E-state index in [4.69, 9.17) is 18.9 Å². The number of carbonyl (C=O) groups is 4. The summed E-state index contributed by atoms with van der Waals surface area (Å²) in [5.41, 5.74) is 7.05. The topological polar surface area (TPSA) is 112 Å². The van der Waals surface area contributed by atoms with E-state index >= 15 is 0 Å². The van der Waals surface area contributed by atoms with Gasteiger partial charge in [0.2, 0.25) is 0 Å². The molecule has 0 saturated carbocycles. The van der Waals surface area contributed by atoms with Gasteiger partial charge in [0.25, 0.3) is 0 Å². The van der Waals surface area contributed by atoms with Crippen molar-refractivity contribution in [3.8, 4) is 0 Å². The van der Waals surface area contributed by atoms with E-state index in [0.717, 1.165) is 70.2 Å². The van der Waals surface area contributed by atoms with Crippen LogP contribution in [0.3, 0.4) is 0 Å². The Labute approximate surface area is 387 Å². The zero-order valence-corrected chi connectivity index (χ0v) is 42.2. The Morgan fingerprint density at radius 3 is 1.46 bits per heavy atom. The molecule has 0 unspecified atom stereocenters. The molecule has 1 aliphatic carbocycles. The number of carbonyl (C=O) groups excluding carboxylic acids is 4. The fourth-order valence-corrected chi connectivity index (χ4v) is 12.6. The highest BCUT2D eigenvalue weighted by molar-refractivity contribution is 7.13. The molecule has 0 spiro atoms. The van der Waals surface area contributed by atoms with E-state index in [1.54, 1.807) is 34.5 Å². The van der Waals surface area contributed by atoms with E-state index in [-0.39, 0.29) is 40.2 Å². The van der Waals surface area contributed by atoms with Crippen molar-refractivity contribution in [2.75, 3.05) is 41.0 Å². The van der Waals surface area contributed by atoms with Crippen LogP contribution in [-0.4, -0.2) is 74.8 Å². The van der Waals surface area contributed by atoms with Crippen molar-refractivity contribution in [3.05, 3.63) is 98.5 Å². The van der Waals surface area contributed by atoms with Crippen LogP contribution >= 0.6 is 34.0 Å². The molecule has 0 radical (unpaired) electrons. The minimum absolute atomic E-state index is 0.0194. The van der Waals surface area contributed by atoms with Crippen LogP contribution < -0.4 is 0 Å². The fraction of sp³-hybridized carbons (Fsp3) is 0.560. The van der Waals surface area contributed by atoms with Crippen molar-refractivity contribution in [3.63, 3.8) is 0 Å². The number of amides is 1. The summed E-state index contributed by atoms with van der Waals surface area (Å²) in [5.74, 6) is -0.629. The van der Waals surface area contributed by atoms with Gasteiger partial charge in [0.15, 0.2) is 0 Å². The molecule has 0 N–H and O–H groups in total. The molecule has 0 fully saturated rings. The first-order valence-corrected chi connectivity index (χ1v) is 24.5. The van der Waals surface area contributed by atoms with E-state index in [1.165, 1.54) is 65.5 Å². The molecule has 0 bridgehead atoms. The highest BCUT2D eigenvalue weighted by Gasteiger charge is 2.36. The molecule has 7 rings (SSSR count). The Balaban J connectivity index is 0.000000181. The van der Waals surface area contributed by atoms with Crippen molar-refractivity contribution >= 4 is 58.0 Å². The highest BCUT2D eigenvalue weighted by atomic mass is 32.1.